The first-order valence-electron chi connectivity index (χ1n) is 4.55. The molecule has 0 aliphatic heterocycles. The normalized spacial score (nSPS) is 10.5. The second-order valence-electron chi connectivity index (χ2n) is 3.42. The fourth-order valence-corrected chi connectivity index (χ4v) is 1.44. The highest BCUT2D eigenvalue weighted by molar-refractivity contribution is 5.60. The lowest BCUT2D eigenvalue weighted by Gasteiger charge is -2.00. The van der Waals surface area contributed by atoms with E-state index in [1.807, 2.05) is 39.0 Å². The summed E-state index contributed by atoms with van der Waals surface area (Å²) >= 11 is 0. The lowest BCUT2D eigenvalue weighted by Crippen LogP contribution is -1.88. The van der Waals surface area contributed by atoms with E-state index in [1.165, 1.54) is 0 Å². The lowest BCUT2D eigenvalue weighted by molar-refractivity contribution is 0.426. The lowest BCUT2D eigenvalue weighted by atomic mass is 10.1. The summed E-state index contributed by atoms with van der Waals surface area (Å²) in [4.78, 5) is 4.37. The second kappa shape index (κ2) is 3.25. The Kier molecular flexibility index (Phi) is 2.08. The van der Waals surface area contributed by atoms with Crippen LogP contribution in [-0.2, 0) is 0 Å². The van der Waals surface area contributed by atoms with Gasteiger partial charge < -0.3 is 4.52 Å². The van der Waals surface area contributed by atoms with E-state index in [9.17, 15) is 0 Å². The fourth-order valence-electron chi connectivity index (χ4n) is 1.44. The molecule has 0 saturated carbocycles. The zero-order valence-electron chi connectivity index (χ0n) is 8.53. The van der Waals surface area contributed by atoms with E-state index in [-0.39, 0.29) is 0 Å². The molecule has 0 radical (unpaired) electrons. The van der Waals surface area contributed by atoms with E-state index >= 15 is 0 Å². The molecular weight excluding hydrogens is 176 g/mol. The van der Waals surface area contributed by atoms with Crippen LogP contribution in [0.5, 0.6) is 0 Å². The SMILES string of the molecule is Cc1cc(-c2ccc(C)nc2C)on1. The van der Waals surface area contributed by atoms with Crippen molar-refractivity contribution < 1.29 is 4.52 Å². The minimum absolute atomic E-state index is 0.785. The van der Waals surface area contributed by atoms with Crippen molar-refractivity contribution in [3.8, 4) is 11.3 Å². The molecule has 2 heterocycles. The third-order valence-electron chi connectivity index (χ3n) is 2.12. The van der Waals surface area contributed by atoms with Crippen molar-refractivity contribution in [3.63, 3.8) is 0 Å². The number of pyridine rings is 1. The summed E-state index contributed by atoms with van der Waals surface area (Å²) in [6.45, 7) is 5.85. The number of aryl methyl sites for hydroxylation is 3. The van der Waals surface area contributed by atoms with Crippen LogP contribution in [-0.4, -0.2) is 10.1 Å². The van der Waals surface area contributed by atoms with Gasteiger partial charge in [-0.1, -0.05) is 5.16 Å². The molecule has 2 rings (SSSR count). The first-order valence-corrected chi connectivity index (χ1v) is 4.55. The molecular formula is C11H12N2O. The van der Waals surface area contributed by atoms with Gasteiger partial charge in [0.25, 0.3) is 0 Å². The third kappa shape index (κ3) is 1.53. The first-order chi connectivity index (χ1) is 6.66. The molecule has 0 bridgehead atoms. The van der Waals surface area contributed by atoms with Gasteiger partial charge in [-0.15, -0.1) is 0 Å². The van der Waals surface area contributed by atoms with Crippen molar-refractivity contribution in [1.29, 1.82) is 0 Å². The molecule has 0 atom stereocenters. The Labute approximate surface area is 82.8 Å². The monoisotopic (exact) mass is 188 g/mol. The van der Waals surface area contributed by atoms with Crippen molar-refractivity contribution in [2.24, 2.45) is 0 Å². The van der Waals surface area contributed by atoms with Crippen molar-refractivity contribution >= 4 is 0 Å². The summed E-state index contributed by atoms with van der Waals surface area (Å²) in [5, 5.41) is 3.85. The van der Waals surface area contributed by atoms with Crippen LogP contribution in [0.2, 0.25) is 0 Å². The average molecular weight is 188 g/mol. The highest BCUT2D eigenvalue weighted by Gasteiger charge is 2.07. The van der Waals surface area contributed by atoms with Crippen LogP contribution in [0.25, 0.3) is 11.3 Å². The minimum atomic E-state index is 0.785. The van der Waals surface area contributed by atoms with Crippen LogP contribution in [0.3, 0.4) is 0 Å². The summed E-state index contributed by atoms with van der Waals surface area (Å²) in [6.07, 6.45) is 0. The van der Waals surface area contributed by atoms with E-state index in [4.69, 9.17) is 4.52 Å². The predicted octanol–water partition coefficient (Wildman–Crippen LogP) is 2.66. The molecule has 0 saturated heterocycles. The Morgan fingerprint density at radius 2 is 1.86 bits per heavy atom. The molecule has 2 aromatic rings. The zero-order chi connectivity index (χ0) is 10.1. The van der Waals surface area contributed by atoms with Gasteiger partial charge in [-0.25, -0.2) is 0 Å². The summed E-state index contributed by atoms with van der Waals surface area (Å²) in [7, 11) is 0. The molecule has 3 nitrogen and oxygen atoms in total. The Morgan fingerprint density at radius 1 is 1.07 bits per heavy atom. The molecule has 0 N–H and O–H groups in total. The number of hydrogen-bond donors (Lipinski definition) is 0. The van der Waals surface area contributed by atoms with Gasteiger partial charge in [-0.2, -0.15) is 0 Å². The number of nitrogens with zero attached hydrogens (tertiary/aromatic N) is 2. The molecule has 0 amide bonds. The van der Waals surface area contributed by atoms with Crippen molar-refractivity contribution in [1.82, 2.24) is 10.1 Å². The van der Waals surface area contributed by atoms with Gasteiger partial charge in [0.15, 0.2) is 5.76 Å². The van der Waals surface area contributed by atoms with Gasteiger partial charge in [0.1, 0.15) is 0 Å². The Bertz CT molecular complexity index is 460. The van der Waals surface area contributed by atoms with Crippen LogP contribution in [0.4, 0.5) is 0 Å². The summed E-state index contributed by atoms with van der Waals surface area (Å²) in [5.74, 6) is 0.785. The Balaban J connectivity index is 2.52. The molecule has 0 fully saturated rings. The molecule has 0 aliphatic rings. The van der Waals surface area contributed by atoms with Crippen molar-refractivity contribution in [3.05, 3.63) is 35.3 Å². The van der Waals surface area contributed by atoms with Crippen LogP contribution in [0.15, 0.2) is 22.7 Å². The molecule has 0 spiro atoms. The summed E-state index contributed by atoms with van der Waals surface area (Å²) in [5.41, 5.74) is 3.89. The molecule has 0 aromatic carbocycles. The number of rotatable bonds is 1. The smallest absolute Gasteiger partial charge is 0.168 e. The van der Waals surface area contributed by atoms with Crippen LogP contribution < -0.4 is 0 Å². The summed E-state index contributed by atoms with van der Waals surface area (Å²) in [6, 6.07) is 5.90. The third-order valence-corrected chi connectivity index (χ3v) is 2.12. The van der Waals surface area contributed by atoms with E-state index in [1.54, 1.807) is 0 Å². The fraction of sp³-hybridized carbons (Fsp3) is 0.273. The van der Waals surface area contributed by atoms with Gasteiger partial charge in [0.2, 0.25) is 0 Å². The van der Waals surface area contributed by atoms with Gasteiger partial charge in [-0.05, 0) is 32.9 Å². The van der Waals surface area contributed by atoms with E-state index in [0.29, 0.717) is 0 Å². The number of hydrogen-bond acceptors (Lipinski definition) is 3. The van der Waals surface area contributed by atoms with Crippen LogP contribution in [0.1, 0.15) is 17.1 Å². The van der Waals surface area contributed by atoms with E-state index in [2.05, 4.69) is 10.1 Å². The molecule has 0 unspecified atom stereocenters. The molecule has 0 aliphatic carbocycles. The highest BCUT2D eigenvalue weighted by Crippen LogP contribution is 2.22. The maximum atomic E-state index is 5.18. The Hall–Kier alpha value is -1.64. The molecule has 2 aromatic heterocycles. The molecule has 14 heavy (non-hydrogen) atoms. The zero-order valence-corrected chi connectivity index (χ0v) is 8.53. The number of aromatic nitrogens is 2. The largest absolute Gasteiger partial charge is 0.356 e. The first kappa shape index (κ1) is 8.94. The van der Waals surface area contributed by atoms with Crippen molar-refractivity contribution in [2.45, 2.75) is 20.8 Å². The van der Waals surface area contributed by atoms with E-state index < -0.39 is 0 Å². The minimum Gasteiger partial charge on any atom is -0.356 e. The van der Waals surface area contributed by atoms with Crippen LogP contribution in [0, 0.1) is 20.8 Å². The average Bonchev–Trinajstić information content (AvgIpc) is 2.51. The van der Waals surface area contributed by atoms with E-state index in [0.717, 1.165) is 28.4 Å². The topological polar surface area (TPSA) is 38.9 Å². The predicted molar refractivity (Wildman–Crippen MR) is 53.9 cm³/mol. The van der Waals surface area contributed by atoms with Crippen LogP contribution >= 0.6 is 0 Å². The molecule has 72 valence electrons. The highest BCUT2D eigenvalue weighted by atomic mass is 16.5. The maximum absolute atomic E-state index is 5.18. The van der Waals surface area contributed by atoms with Gasteiger partial charge in [0.05, 0.1) is 5.69 Å². The summed E-state index contributed by atoms with van der Waals surface area (Å²) < 4.78 is 5.18. The van der Waals surface area contributed by atoms with Gasteiger partial charge in [0, 0.05) is 23.0 Å². The standard InChI is InChI=1S/C11H12N2O/c1-7-4-5-10(9(3)12-7)11-6-8(2)13-14-11/h4-6H,1-3H3. The van der Waals surface area contributed by atoms with Gasteiger partial charge in [-0.3, -0.25) is 4.98 Å². The Morgan fingerprint density at radius 3 is 2.43 bits per heavy atom. The van der Waals surface area contributed by atoms with Crippen molar-refractivity contribution in [2.75, 3.05) is 0 Å². The maximum Gasteiger partial charge on any atom is 0.168 e. The van der Waals surface area contributed by atoms with Gasteiger partial charge >= 0.3 is 0 Å². The molecule has 3 heteroatoms. The second-order valence-corrected chi connectivity index (χ2v) is 3.42. The quantitative estimate of drug-likeness (QED) is 0.690.